The third kappa shape index (κ3) is 5.28. The molecule has 1 aromatic rings. The summed E-state index contributed by atoms with van der Waals surface area (Å²) in [6, 6.07) is 4.11. The summed E-state index contributed by atoms with van der Waals surface area (Å²) in [6.07, 6.45) is 1.88. The Morgan fingerprint density at radius 2 is 1.92 bits per heavy atom. The molecular formula is C17H20N2O5. The van der Waals surface area contributed by atoms with Crippen molar-refractivity contribution in [2.75, 3.05) is 20.7 Å². The number of aldehydes is 1. The van der Waals surface area contributed by atoms with E-state index in [4.69, 9.17) is 10.5 Å². The SMILES string of the molecule is C=C(CN(C)C(=O)c1cc(C=O)cc(C(=O)OC)c1)O/C=C(/C)N. The second-order valence-electron chi connectivity index (χ2n) is 5.13. The lowest BCUT2D eigenvalue weighted by Gasteiger charge is -2.18. The fourth-order valence-electron chi connectivity index (χ4n) is 1.85. The third-order valence-corrected chi connectivity index (χ3v) is 2.93. The zero-order chi connectivity index (χ0) is 18.3. The van der Waals surface area contributed by atoms with Crippen LogP contribution in [0.5, 0.6) is 0 Å². The number of hydrogen-bond acceptors (Lipinski definition) is 6. The Morgan fingerprint density at radius 3 is 2.46 bits per heavy atom. The van der Waals surface area contributed by atoms with Gasteiger partial charge in [-0.1, -0.05) is 6.58 Å². The van der Waals surface area contributed by atoms with E-state index in [9.17, 15) is 14.4 Å². The highest BCUT2D eigenvalue weighted by molar-refractivity contribution is 6.00. The maximum Gasteiger partial charge on any atom is 0.337 e. The van der Waals surface area contributed by atoms with Gasteiger partial charge in [0.2, 0.25) is 0 Å². The average Bonchev–Trinajstić information content (AvgIpc) is 2.57. The van der Waals surface area contributed by atoms with Gasteiger partial charge >= 0.3 is 5.97 Å². The number of esters is 1. The maximum atomic E-state index is 12.5. The Labute approximate surface area is 140 Å². The molecule has 24 heavy (non-hydrogen) atoms. The molecule has 0 aromatic heterocycles. The smallest absolute Gasteiger partial charge is 0.337 e. The van der Waals surface area contributed by atoms with Gasteiger partial charge in [-0.15, -0.1) is 0 Å². The number of hydrogen-bond donors (Lipinski definition) is 1. The van der Waals surface area contributed by atoms with Gasteiger partial charge in [0.25, 0.3) is 5.91 Å². The van der Waals surface area contributed by atoms with Crippen LogP contribution in [-0.2, 0) is 9.47 Å². The monoisotopic (exact) mass is 332 g/mol. The van der Waals surface area contributed by atoms with Crippen LogP contribution >= 0.6 is 0 Å². The number of rotatable bonds is 7. The van der Waals surface area contributed by atoms with Gasteiger partial charge in [-0.3, -0.25) is 9.59 Å². The summed E-state index contributed by atoms with van der Waals surface area (Å²) in [5, 5.41) is 0. The van der Waals surface area contributed by atoms with E-state index in [-0.39, 0.29) is 23.2 Å². The molecule has 0 saturated carbocycles. The third-order valence-electron chi connectivity index (χ3n) is 2.93. The number of nitrogens with zero attached hydrogens (tertiary/aromatic N) is 1. The van der Waals surface area contributed by atoms with Crippen LogP contribution in [0.15, 0.2) is 42.5 Å². The number of benzene rings is 1. The van der Waals surface area contributed by atoms with E-state index in [0.717, 1.165) is 0 Å². The van der Waals surface area contributed by atoms with Gasteiger partial charge in [0.05, 0.1) is 19.2 Å². The number of methoxy groups -OCH3 is 1. The topological polar surface area (TPSA) is 98.9 Å². The van der Waals surface area contributed by atoms with Crippen LogP contribution in [-0.4, -0.2) is 43.8 Å². The Bertz CT molecular complexity index is 690. The zero-order valence-corrected chi connectivity index (χ0v) is 13.9. The predicted molar refractivity (Wildman–Crippen MR) is 88.3 cm³/mol. The zero-order valence-electron chi connectivity index (χ0n) is 13.9. The van der Waals surface area contributed by atoms with Crippen molar-refractivity contribution in [3.05, 3.63) is 59.2 Å². The van der Waals surface area contributed by atoms with Gasteiger partial charge in [-0.25, -0.2) is 4.79 Å². The first-order chi connectivity index (χ1) is 11.3. The molecule has 0 aliphatic rings. The van der Waals surface area contributed by atoms with Crippen LogP contribution in [0.1, 0.15) is 38.0 Å². The molecule has 0 aliphatic heterocycles. The fourth-order valence-corrected chi connectivity index (χ4v) is 1.85. The van der Waals surface area contributed by atoms with Gasteiger partial charge in [-0.2, -0.15) is 0 Å². The van der Waals surface area contributed by atoms with E-state index in [1.807, 2.05) is 0 Å². The first kappa shape index (κ1) is 19.0. The summed E-state index contributed by atoms with van der Waals surface area (Å²) in [5.41, 5.74) is 6.42. The van der Waals surface area contributed by atoms with Crippen LogP contribution in [0.3, 0.4) is 0 Å². The van der Waals surface area contributed by atoms with Crippen molar-refractivity contribution >= 4 is 18.2 Å². The van der Waals surface area contributed by atoms with E-state index in [2.05, 4.69) is 11.3 Å². The van der Waals surface area contributed by atoms with E-state index < -0.39 is 11.9 Å². The molecule has 0 unspecified atom stereocenters. The van der Waals surface area contributed by atoms with E-state index >= 15 is 0 Å². The molecule has 0 heterocycles. The largest absolute Gasteiger partial charge is 0.466 e. The molecule has 0 radical (unpaired) electrons. The molecular weight excluding hydrogens is 312 g/mol. The Kier molecular flexibility index (Phi) is 6.73. The van der Waals surface area contributed by atoms with Gasteiger partial charge in [-0.05, 0) is 25.1 Å². The van der Waals surface area contributed by atoms with Crippen LogP contribution < -0.4 is 5.73 Å². The molecule has 7 heteroatoms. The molecule has 0 aliphatic carbocycles. The van der Waals surface area contributed by atoms with E-state index in [1.54, 1.807) is 14.0 Å². The number of likely N-dealkylation sites (N-methyl/N-ethyl adjacent to an activating group) is 1. The standard InChI is InChI=1S/C17H20N2O5/c1-11(18)10-24-12(2)8-19(3)16(21)14-5-13(9-20)6-15(7-14)17(22)23-4/h5-7,9-10H,2,8,18H2,1,3-4H3/b11-10-. The van der Waals surface area contributed by atoms with Gasteiger partial charge in [0.1, 0.15) is 18.3 Å². The number of carbonyl (C=O) groups excluding carboxylic acids is 3. The van der Waals surface area contributed by atoms with Crippen molar-refractivity contribution in [1.82, 2.24) is 4.90 Å². The molecule has 1 rings (SSSR count). The van der Waals surface area contributed by atoms with Gasteiger partial charge in [0, 0.05) is 23.9 Å². The van der Waals surface area contributed by atoms with Crippen molar-refractivity contribution in [3.8, 4) is 0 Å². The summed E-state index contributed by atoms with van der Waals surface area (Å²) in [4.78, 5) is 36.5. The lowest BCUT2D eigenvalue weighted by Crippen LogP contribution is -2.29. The summed E-state index contributed by atoms with van der Waals surface area (Å²) >= 11 is 0. The van der Waals surface area contributed by atoms with Crippen LogP contribution in [0, 0.1) is 0 Å². The van der Waals surface area contributed by atoms with Crippen LogP contribution in [0.25, 0.3) is 0 Å². The van der Waals surface area contributed by atoms with E-state index in [1.165, 1.54) is 36.5 Å². The normalized spacial score (nSPS) is 10.7. The molecule has 0 fully saturated rings. The van der Waals surface area contributed by atoms with Crippen LogP contribution in [0.2, 0.25) is 0 Å². The highest BCUT2D eigenvalue weighted by atomic mass is 16.5. The fraction of sp³-hybridized carbons (Fsp3) is 0.235. The minimum absolute atomic E-state index is 0.113. The number of carbonyl (C=O) groups is 3. The Hall–Kier alpha value is -3.09. The lowest BCUT2D eigenvalue weighted by atomic mass is 10.1. The average molecular weight is 332 g/mol. The van der Waals surface area contributed by atoms with Crippen molar-refractivity contribution in [2.24, 2.45) is 5.73 Å². The first-order valence-corrected chi connectivity index (χ1v) is 6.99. The summed E-state index contributed by atoms with van der Waals surface area (Å²) in [7, 11) is 2.76. The number of allylic oxidation sites excluding steroid dienone is 1. The molecule has 0 saturated heterocycles. The highest BCUT2D eigenvalue weighted by Gasteiger charge is 2.17. The summed E-state index contributed by atoms with van der Waals surface area (Å²) < 4.78 is 9.80. The number of nitrogens with two attached hydrogens (primary N) is 1. The van der Waals surface area contributed by atoms with Crippen molar-refractivity contribution in [3.63, 3.8) is 0 Å². The van der Waals surface area contributed by atoms with E-state index in [0.29, 0.717) is 17.7 Å². The minimum Gasteiger partial charge on any atom is -0.466 e. The van der Waals surface area contributed by atoms with Crippen LogP contribution in [0.4, 0.5) is 0 Å². The number of ether oxygens (including phenoxy) is 2. The molecule has 2 N–H and O–H groups in total. The molecule has 0 bridgehead atoms. The Morgan fingerprint density at radius 1 is 1.29 bits per heavy atom. The molecule has 0 atom stereocenters. The van der Waals surface area contributed by atoms with Crippen molar-refractivity contribution in [2.45, 2.75) is 6.92 Å². The molecule has 0 spiro atoms. The quantitative estimate of drug-likeness (QED) is 0.463. The van der Waals surface area contributed by atoms with Gasteiger partial charge < -0.3 is 20.1 Å². The second kappa shape index (κ2) is 8.52. The van der Waals surface area contributed by atoms with Crippen molar-refractivity contribution < 1.29 is 23.9 Å². The predicted octanol–water partition coefficient (Wildman–Crippen LogP) is 1.71. The maximum absolute atomic E-state index is 12.5. The van der Waals surface area contributed by atoms with Crippen molar-refractivity contribution in [1.29, 1.82) is 0 Å². The first-order valence-electron chi connectivity index (χ1n) is 6.99. The molecule has 1 amide bonds. The Balaban J connectivity index is 2.97. The minimum atomic E-state index is -0.633. The van der Waals surface area contributed by atoms with Gasteiger partial charge in [0.15, 0.2) is 0 Å². The molecule has 1 aromatic carbocycles. The lowest BCUT2D eigenvalue weighted by molar-refractivity contribution is 0.0600. The second-order valence-corrected chi connectivity index (χ2v) is 5.13. The molecule has 128 valence electrons. The summed E-state index contributed by atoms with van der Waals surface area (Å²) in [5.74, 6) is -0.718. The summed E-state index contributed by atoms with van der Waals surface area (Å²) in [6.45, 7) is 5.46. The highest BCUT2D eigenvalue weighted by Crippen LogP contribution is 2.13. The molecule has 7 nitrogen and oxygen atoms in total. The number of amides is 1.